The van der Waals surface area contributed by atoms with E-state index < -0.39 is 11.7 Å². The molecule has 0 bridgehead atoms. The third kappa shape index (κ3) is 3.36. The standard InChI is InChI=1S/C20H15F3N4/c1-12-10-13(25-19-15-7-3-5-9-17(15)26-27-19)11-18(24-12)14-6-2-4-8-16(14)20(21,22)23/h2-11H,1H3,(H2,24,25,26,27). The number of H-pyrrole nitrogens is 1. The van der Waals surface area contributed by atoms with Crippen molar-refractivity contribution in [1.29, 1.82) is 0 Å². The number of halogens is 3. The van der Waals surface area contributed by atoms with Gasteiger partial charge < -0.3 is 5.32 Å². The molecule has 27 heavy (non-hydrogen) atoms. The topological polar surface area (TPSA) is 53.6 Å². The van der Waals surface area contributed by atoms with Crippen molar-refractivity contribution in [1.82, 2.24) is 15.2 Å². The van der Waals surface area contributed by atoms with Gasteiger partial charge in [0.1, 0.15) is 0 Å². The number of benzene rings is 2. The number of para-hydroxylation sites is 1. The van der Waals surface area contributed by atoms with Crippen LogP contribution in [0.5, 0.6) is 0 Å². The van der Waals surface area contributed by atoms with Gasteiger partial charge in [0.2, 0.25) is 0 Å². The second kappa shape index (κ2) is 6.42. The summed E-state index contributed by atoms with van der Waals surface area (Å²) in [6, 6.07) is 16.4. The van der Waals surface area contributed by atoms with Crippen LogP contribution in [0.15, 0.2) is 60.7 Å². The molecule has 4 aromatic rings. The van der Waals surface area contributed by atoms with Crippen molar-refractivity contribution in [2.24, 2.45) is 0 Å². The zero-order valence-electron chi connectivity index (χ0n) is 14.3. The molecule has 2 heterocycles. The Balaban J connectivity index is 1.77. The average Bonchev–Trinajstić information content (AvgIpc) is 3.04. The predicted molar refractivity (Wildman–Crippen MR) is 98.8 cm³/mol. The van der Waals surface area contributed by atoms with Crippen LogP contribution in [0.2, 0.25) is 0 Å². The lowest BCUT2D eigenvalue weighted by atomic mass is 10.0. The summed E-state index contributed by atoms with van der Waals surface area (Å²) in [5.41, 5.74) is 1.68. The zero-order chi connectivity index (χ0) is 19.0. The fraction of sp³-hybridized carbons (Fsp3) is 0.100. The molecule has 0 atom stereocenters. The van der Waals surface area contributed by atoms with Crippen LogP contribution in [0.4, 0.5) is 24.7 Å². The van der Waals surface area contributed by atoms with Gasteiger partial charge in [0, 0.05) is 22.3 Å². The molecule has 2 aromatic carbocycles. The number of aromatic nitrogens is 3. The fourth-order valence-corrected chi connectivity index (χ4v) is 3.03. The molecular weight excluding hydrogens is 353 g/mol. The van der Waals surface area contributed by atoms with Gasteiger partial charge >= 0.3 is 6.18 Å². The van der Waals surface area contributed by atoms with Crippen LogP contribution in [-0.2, 0) is 6.18 Å². The molecule has 7 heteroatoms. The summed E-state index contributed by atoms with van der Waals surface area (Å²) in [5, 5.41) is 11.2. The maximum atomic E-state index is 13.4. The Bertz CT molecular complexity index is 1120. The number of alkyl halides is 3. The predicted octanol–water partition coefficient (Wildman–Crippen LogP) is 5.70. The van der Waals surface area contributed by atoms with Crippen molar-refractivity contribution in [2.45, 2.75) is 13.1 Å². The maximum absolute atomic E-state index is 13.4. The molecule has 0 saturated carbocycles. The number of nitrogens with one attached hydrogen (secondary N) is 2. The lowest BCUT2D eigenvalue weighted by Gasteiger charge is -2.14. The summed E-state index contributed by atoms with van der Waals surface area (Å²) in [6.07, 6.45) is -4.45. The third-order valence-electron chi connectivity index (χ3n) is 4.19. The molecule has 2 aromatic heterocycles. The van der Waals surface area contributed by atoms with Crippen molar-refractivity contribution < 1.29 is 13.2 Å². The van der Waals surface area contributed by atoms with Crippen LogP contribution in [-0.4, -0.2) is 15.2 Å². The fourth-order valence-electron chi connectivity index (χ4n) is 3.03. The highest BCUT2D eigenvalue weighted by atomic mass is 19.4. The van der Waals surface area contributed by atoms with E-state index >= 15 is 0 Å². The van der Waals surface area contributed by atoms with E-state index in [1.165, 1.54) is 12.1 Å². The first-order valence-corrected chi connectivity index (χ1v) is 8.27. The van der Waals surface area contributed by atoms with E-state index in [0.29, 0.717) is 17.2 Å². The highest BCUT2D eigenvalue weighted by Gasteiger charge is 2.33. The Morgan fingerprint density at radius 2 is 1.70 bits per heavy atom. The van der Waals surface area contributed by atoms with Crippen LogP contribution in [0, 0.1) is 6.92 Å². The number of pyridine rings is 1. The summed E-state index contributed by atoms with van der Waals surface area (Å²) in [5.74, 6) is 0.603. The first-order chi connectivity index (χ1) is 12.9. The molecule has 0 aliphatic heterocycles. The maximum Gasteiger partial charge on any atom is 0.417 e. The summed E-state index contributed by atoms with van der Waals surface area (Å²) in [6.45, 7) is 1.74. The number of aryl methyl sites for hydroxylation is 1. The summed E-state index contributed by atoms with van der Waals surface area (Å²) < 4.78 is 40.1. The smallest absolute Gasteiger partial charge is 0.338 e. The number of anilines is 2. The van der Waals surface area contributed by atoms with E-state index in [1.807, 2.05) is 24.3 Å². The van der Waals surface area contributed by atoms with Crippen LogP contribution >= 0.6 is 0 Å². The summed E-state index contributed by atoms with van der Waals surface area (Å²) in [7, 11) is 0. The SMILES string of the molecule is Cc1cc(Nc2n[nH]c3ccccc23)cc(-c2ccccc2C(F)(F)F)n1. The number of aromatic amines is 1. The van der Waals surface area contributed by atoms with E-state index in [2.05, 4.69) is 20.5 Å². The Labute approximate surface area is 153 Å². The van der Waals surface area contributed by atoms with Gasteiger partial charge in [-0.25, -0.2) is 0 Å². The Morgan fingerprint density at radius 3 is 2.52 bits per heavy atom. The number of rotatable bonds is 3. The lowest BCUT2D eigenvalue weighted by Crippen LogP contribution is -2.07. The first kappa shape index (κ1) is 17.1. The lowest BCUT2D eigenvalue weighted by molar-refractivity contribution is -0.137. The Morgan fingerprint density at radius 1 is 0.963 bits per heavy atom. The van der Waals surface area contributed by atoms with Gasteiger partial charge in [-0.2, -0.15) is 18.3 Å². The number of hydrogen-bond donors (Lipinski definition) is 2. The minimum absolute atomic E-state index is 0.0450. The van der Waals surface area contributed by atoms with Crippen molar-refractivity contribution in [3.05, 3.63) is 71.9 Å². The number of hydrogen-bond acceptors (Lipinski definition) is 3. The number of nitrogens with zero attached hydrogens (tertiary/aromatic N) is 2. The largest absolute Gasteiger partial charge is 0.417 e. The molecule has 4 nitrogen and oxygen atoms in total. The van der Waals surface area contributed by atoms with Crippen LogP contribution in [0.1, 0.15) is 11.3 Å². The molecule has 2 N–H and O–H groups in total. The Kier molecular flexibility index (Phi) is 4.07. The molecule has 0 saturated heterocycles. The van der Waals surface area contributed by atoms with Crippen molar-refractivity contribution in [3.63, 3.8) is 0 Å². The average molecular weight is 368 g/mol. The van der Waals surface area contributed by atoms with Gasteiger partial charge in [-0.3, -0.25) is 10.1 Å². The van der Waals surface area contributed by atoms with Crippen molar-refractivity contribution in [3.8, 4) is 11.3 Å². The molecule has 0 aliphatic carbocycles. The van der Waals surface area contributed by atoms with Gasteiger partial charge in [-0.1, -0.05) is 30.3 Å². The Hall–Kier alpha value is -3.35. The van der Waals surface area contributed by atoms with E-state index in [4.69, 9.17) is 0 Å². The van der Waals surface area contributed by atoms with E-state index in [1.54, 1.807) is 25.1 Å². The zero-order valence-corrected chi connectivity index (χ0v) is 14.3. The van der Waals surface area contributed by atoms with E-state index in [-0.39, 0.29) is 11.3 Å². The molecule has 0 aliphatic rings. The molecule has 0 radical (unpaired) electrons. The van der Waals surface area contributed by atoms with Crippen LogP contribution in [0.25, 0.3) is 22.2 Å². The molecule has 136 valence electrons. The second-order valence-corrected chi connectivity index (χ2v) is 6.17. The summed E-state index contributed by atoms with van der Waals surface area (Å²) in [4.78, 5) is 4.30. The number of fused-ring (bicyclic) bond motifs is 1. The van der Waals surface area contributed by atoms with Crippen LogP contribution in [0.3, 0.4) is 0 Å². The second-order valence-electron chi connectivity index (χ2n) is 6.17. The van der Waals surface area contributed by atoms with Gasteiger partial charge in [0.25, 0.3) is 0 Å². The molecule has 0 fully saturated rings. The molecule has 4 rings (SSSR count). The van der Waals surface area contributed by atoms with Crippen molar-refractivity contribution >= 4 is 22.4 Å². The minimum Gasteiger partial charge on any atom is -0.338 e. The molecular formula is C20H15F3N4. The highest BCUT2D eigenvalue weighted by Crippen LogP contribution is 2.37. The monoisotopic (exact) mass is 368 g/mol. The van der Waals surface area contributed by atoms with Gasteiger partial charge in [0.15, 0.2) is 5.82 Å². The van der Waals surface area contributed by atoms with Crippen LogP contribution < -0.4 is 5.32 Å². The van der Waals surface area contributed by atoms with Gasteiger partial charge in [-0.15, -0.1) is 0 Å². The van der Waals surface area contributed by atoms with Gasteiger partial charge in [-0.05, 0) is 37.3 Å². The molecule has 0 amide bonds. The normalized spacial score (nSPS) is 11.7. The van der Waals surface area contributed by atoms with Gasteiger partial charge in [0.05, 0.1) is 16.8 Å². The summed E-state index contributed by atoms with van der Waals surface area (Å²) >= 11 is 0. The van der Waals surface area contributed by atoms with E-state index in [0.717, 1.165) is 17.0 Å². The molecule has 0 spiro atoms. The first-order valence-electron chi connectivity index (χ1n) is 8.27. The minimum atomic E-state index is -4.45. The van der Waals surface area contributed by atoms with Crippen molar-refractivity contribution in [2.75, 3.05) is 5.32 Å². The quantitative estimate of drug-likeness (QED) is 0.488. The third-order valence-corrected chi connectivity index (χ3v) is 4.19. The molecule has 0 unspecified atom stereocenters. The highest BCUT2D eigenvalue weighted by molar-refractivity contribution is 5.91. The van der Waals surface area contributed by atoms with E-state index in [9.17, 15) is 13.2 Å².